The van der Waals surface area contributed by atoms with Crippen molar-refractivity contribution in [2.75, 3.05) is 24.9 Å². The summed E-state index contributed by atoms with van der Waals surface area (Å²) in [6.07, 6.45) is 0. The molecule has 0 aliphatic rings. The fourth-order valence-corrected chi connectivity index (χ4v) is 4.02. The summed E-state index contributed by atoms with van der Waals surface area (Å²) in [5.41, 5.74) is 3.77. The minimum Gasteiger partial charge on any atom is -0.324 e. The third-order valence-electron chi connectivity index (χ3n) is 4.01. The van der Waals surface area contributed by atoms with E-state index in [0.29, 0.717) is 16.9 Å². The molecule has 0 bridgehead atoms. The molecule has 0 saturated carbocycles. The molecule has 152 valence electrons. The maximum atomic E-state index is 12.4. The lowest BCUT2D eigenvalue weighted by Crippen LogP contribution is -2.08. The summed E-state index contributed by atoms with van der Waals surface area (Å²) in [6.45, 7) is 4.03. The van der Waals surface area contributed by atoms with Gasteiger partial charge >= 0.3 is 7.60 Å². The van der Waals surface area contributed by atoms with Gasteiger partial charge in [-0.2, -0.15) is 15.0 Å². The first-order chi connectivity index (χ1) is 13.8. The monoisotopic (exact) mass is 433 g/mol. The summed E-state index contributed by atoms with van der Waals surface area (Å²) in [5.74, 6) is 0.587. The molecule has 0 radical (unpaired) electrons. The molecule has 1 heterocycles. The molecule has 2 aromatic carbocycles. The van der Waals surface area contributed by atoms with Crippen LogP contribution < -0.4 is 15.9 Å². The second-order valence-electron chi connectivity index (χ2n) is 6.29. The van der Waals surface area contributed by atoms with Crippen LogP contribution in [0, 0.1) is 13.8 Å². The van der Waals surface area contributed by atoms with Gasteiger partial charge in [0.15, 0.2) is 0 Å². The molecule has 0 atom stereocenters. The Morgan fingerprint density at radius 1 is 0.828 bits per heavy atom. The first-order valence-electron chi connectivity index (χ1n) is 8.67. The number of benzene rings is 2. The summed E-state index contributed by atoms with van der Waals surface area (Å²) in [4.78, 5) is 12.6. The normalized spacial score (nSPS) is 11.3. The number of aromatic nitrogens is 3. The van der Waals surface area contributed by atoms with Gasteiger partial charge in [-0.1, -0.05) is 6.07 Å². The molecule has 0 aliphatic heterocycles. The molecular weight excluding hydrogens is 413 g/mol. The minimum atomic E-state index is -3.30. The van der Waals surface area contributed by atoms with Gasteiger partial charge in [0.1, 0.15) is 0 Å². The minimum absolute atomic E-state index is 0.0502. The molecule has 0 unspecified atom stereocenters. The van der Waals surface area contributed by atoms with Gasteiger partial charge < -0.3 is 19.7 Å². The van der Waals surface area contributed by atoms with E-state index in [2.05, 4.69) is 31.7 Å². The summed E-state index contributed by atoms with van der Waals surface area (Å²) in [5, 5.41) is 6.68. The highest BCUT2D eigenvalue weighted by molar-refractivity contribution is 7.62. The largest absolute Gasteiger partial charge is 0.360 e. The van der Waals surface area contributed by atoms with E-state index in [0.717, 1.165) is 16.8 Å². The fourth-order valence-electron chi connectivity index (χ4n) is 2.78. The fraction of sp³-hybridized carbons (Fsp3) is 0.211. The van der Waals surface area contributed by atoms with E-state index >= 15 is 0 Å². The second-order valence-corrected chi connectivity index (χ2v) is 8.87. The molecule has 3 aromatic rings. The number of rotatable bonds is 7. The van der Waals surface area contributed by atoms with E-state index in [-0.39, 0.29) is 11.2 Å². The first kappa shape index (κ1) is 21.2. The smallest absolute Gasteiger partial charge is 0.324 e. The van der Waals surface area contributed by atoms with Crippen LogP contribution in [0.5, 0.6) is 0 Å². The molecule has 0 amide bonds. The van der Waals surface area contributed by atoms with E-state index in [1.165, 1.54) is 14.2 Å². The lowest BCUT2D eigenvalue weighted by molar-refractivity contribution is 0.287. The van der Waals surface area contributed by atoms with Crippen molar-refractivity contribution in [3.05, 3.63) is 58.9 Å². The SMILES string of the molecule is COP(=O)(OC)c1ccc(Nc2nc(Cl)nc(Nc3cc(C)cc(C)c3)n2)cc1. The Kier molecular flexibility index (Phi) is 6.49. The summed E-state index contributed by atoms with van der Waals surface area (Å²) in [7, 11) is -0.617. The highest BCUT2D eigenvalue weighted by Crippen LogP contribution is 2.45. The van der Waals surface area contributed by atoms with Crippen LogP contribution in [-0.4, -0.2) is 29.2 Å². The molecule has 0 spiro atoms. The molecule has 10 heteroatoms. The quantitative estimate of drug-likeness (QED) is 0.515. The summed E-state index contributed by atoms with van der Waals surface area (Å²) < 4.78 is 22.4. The maximum Gasteiger partial charge on any atom is 0.360 e. The number of hydrogen-bond donors (Lipinski definition) is 2. The summed E-state index contributed by atoms with van der Waals surface area (Å²) in [6, 6.07) is 12.8. The molecule has 2 N–H and O–H groups in total. The number of aryl methyl sites for hydroxylation is 2. The van der Waals surface area contributed by atoms with Gasteiger partial charge in [0.2, 0.25) is 17.2 Å². The molecule has 1 aromatic heterocycles. The average molecular weight is 434 g/mol. The van der Waals surface area contributed by atoms with Gasteiger partial charge in [0, 0.05) is 25.6 Å². The highest BCUT2D eigenvalue weighted by atomic mass is 35.5. The lowest BCUT2D eigenvalue weighted by Gasteiger charge is -2.14. The Morgan fingerprint density at radius 2 is 1.34 bits per heavy atom. The van der Waals surface area contributed by atoms with Gasteiger partial charge in [-0.15, -0.1) is 0 Å². The van der Waals surface area contributed by atoms with Crippen molar-refractivity contribution in [3.63, 3.8) is 0 Å². The molecule has 3 rings (SSSR count). The predicted octanol–water partition coefficient (Wildman–Crippen LogP) is 4.74. The van der Waals surface area contributed by atoms with E-state index < -0.39 is 7.60 Å². The van der Waals surface area contributed by atoms with Crippen molar-refractivity contribution < 1.29 is 13.6 Å². The van der Waals surface area contributed by atoms with E-state index in [1.807, 2.05) is 26.0 Å². The van der Waals surface area contributed by atoms with E-state index in [4.69, 9.17) is 20.6 Å². The molecule has 0 saturated heterocycles. The van der Waals surface area contributed by atoms with E-state index in [9.17, 15) is 4.57 Å². The van der Waals surface area contributed by atoms with Crippen LogP contribution in [0.3, 0.4) is 0 Å². The average Bonchev–Trinajstić information content (AvgIpc) is 2.66. The standard InChI is InChI=1S/C19H21ClN5O3P/c1-12-9-13(2)11-15(10-12)22-19-24-17(20)23-18(25-19)21-14-5-7-16(8-6-14)29(26,27-3)28-4/h5-11H,1-4H3,(H2,21,22,23,24,25). The van der Waals surface area contributed by atoms with Crippen LogP contribution in [0.25, 0.3) is 0 Å². The topological polar surface area (TPSA) is 98.3 Å². The van der Waals surface area contributed by atoms with Crippen LogP contribution in [0.4, 0.5) is 23.3 Å². The Morgan fingerprint density at radius 3 is 1.86 bits per heavy atom. The van der Waals surface area contributed by atoms with Gasteiger partial charge in [-0.05, 0) is 73.0 Å². The highest BCUT2D eigenvalue weighted by Gasteiger charge is 2.23. The number of nitrogens with zero attached hydrogens (tertiary/aromatic N) is 3. The van der Waals surface area contributed by atoms with Crippen LogP contribution in [0.2, 0.25) is 5.28 Å². The zero-order valence-corrected chi connectivity index (χ0v) is 18.1. The van der Waals surface area contributed by atoms with E-state index in [1.54, 1.807) is 24.3 Å². The Bertz CT molecular complexity index is 1030. The van der Waals surface area contributed by atoms with Crippen LogP contribution in [0.1, 0.15) is 11.1 Å². The molecule has 29 heavy (non-hydrogen) atoms. The number of halogens is 1. The third-order valence-corrected chi connectivity index (χ3v) is 6.07. The third kappa shape index (κ3) is 5.31. The Hall–Kier alpha value is -2.51. The van der Waals surface area contributed by atoms with Crippen molar-refractivity contribution in [3.8, 4) is 0 Å². The zero-order chi connectivity index (χ0) is 21.0. The van der Waals surface area contributed by atoms with Crippen LogP contribution in [-0.2, 0) is 13.6 Å². The van der Waals surface area contributed by atoms with Crippen LogP contribution in [0.15, 0.2) is 42.5 Å². The predicted molar refractivity (Wildman–Crippen MR) is 115 cm³/mol. The second kappa shape index (κ2) is 8.88. The van der Waals surface area contributed by atoms with Crippen molar-refractivity contribution >= 4 is 47.8 Å². The van der Waals surface area contributed by atoms with Crippen molar-refractivity contribution in [2.45, 2.75) is 13.8 Å². The lowest BCUT2D eigenvalue weighted by atomic mass is 10.1. The number of nitrogens with one attached hydrogen (secondary N) is 2. The first-order valence-corrected chi connectivity index (χ1v) is 10.6. The zero-order valence-electron chi connectivity index (χ0n) is 16.4. The van der Waals surface area contributed by atoms with Crippen molar-refractivity contribution in [1.29, 1.82) is 0 Å². The summed E-state index contributed by atoms with van der Waals surface area (Å²) >= 11 is 6.06. The van der Waals surface area contributed by atoms with Gasteiger partial charge in [0.05, 0.1) is 5.30 Å². The Labute approximate surface area is 174 Å². The number of hydrogen-bond acceptors (Lipinski definition) is 8. The van der Waals surface area contributed by atoms with Gasteiger partial charge in [0.25, 0.3) is 0 Å². The molecule has 8 nitrogen and oxygen atoms in total. The molecule has 0 aliphatic carbocycles. The molecular formula is C19H21ClN5O3P. The Balaban J connectivity index is 1.80. The van der Waals surface area contributed by atoms with Gasteiger partial charge in [-0.3, -0.25) is 4.57 Å². The molecule has 0 fully saturated rings. The number of anilines is 4. The van der Waals surface area contributed by atoms with Crippen molar-refractivity contribution in [2.24, 2.45) is 0 Å². The van der Waals surface area contributed by atoms with Crippen LogP contribution >= 0.6 is 19.2 Å². The van der Waals surface area contributed by atoms with Gasteiger partial charge in [-0.25, -0.2) is 0 Å². The maximum absolute atomic E-state index is 12.4. The van der Waals surface area contributed by atoms with Crippen molar-refractivity contribution in [1.82, 2.24) is 15.0 Å².